The standard InChI is InChI=1S/C3H9O6P.Li.H/c1-2-3(4,5)9-10(6,7)8;;/h4-5H,2H2,1H3,(H2,6,7,8);;/q;+1;-1. The molecule has 11 heavy (non-hydrogen) atoms. The van der Waals surface area contributed by atoms with Crippen LogP contribution in [0.4, 0.5) is 0 Å². The molecule has 6 nitrogen and oxygen atoms in total. The van der Waals surface area contributed by atoms with E-state index in [1.54, 1.807) is 0 Å². The van der Waals surface area contributed by atoms with Gasteiger partial charge >= 0.3 is 26.7 Å². The van der Waals surface area contributed by atoms with E-state index < -0.39 is 13.8 Å². The van der Waals surface area contributed by atoms with Gasteiger partial charge in [-0.2, -0.15) is 0 Å². The molecule has 0 aliphatic heterocycles. The zero-order chi connectivity index (χ0) is 8.41. The second kappa shape index (κ2) is 4.60. The van der Waals surface area contributed by atoms with Gasteiger partial charge in [-0.25, -0.2) is 9.09 Å². The Kier molecular flexibility index (Phi) is 5.93. The summed E-state index contributed by atoms with van der Waals surface area (Å²) >= 11 is 0. The quantitative estimate of drug-likeness (QED) is 0.202. The van der Waals surface area contributed by atoms with E-state index in [4.69, 9.17) is 20.0 Å². The Bertz CT molecular complexity index is 157. The van der Waals surface area contributed by atoms with E-state index in [2.05, 4.69) is 4.52 Å². The molecule has 0 spiro atoms. The van der Waals surface area contributed by atoms with Crippen LogP contribution in [0.25, 0.3) is 0 Å². The third kappa shape index (κ3) is 8.53. The van der Waals surface area contributed by atoms with Crippen molar-refractivity contribution in [2.75, 3.05) is 0 Å². The molecule has 0 aromatic rings. The van der Waals surface area contributed by atoms with Gasteiger partial charge < -0.3 is 21.4 Å². The Labute approximate surface area is 77.1 Å². The molecule has 4 N–H and O–H groups in total. The van der Waals surface area contributed by atoms with Crippen molar-refractivity contribution < 1.29 is 49.4 Å². The third-order valence-electron chi connectivity index (χ3n) is 0.726. The maximum Gasteiger partial charge on any atom is 1.00 e. The van der Waals surface area contributed by atoms with Crippen molar-refractivity contribution in [2.24, 2.45) is 0 Å². The second-order valence-corrected chi connectivity index (χ2v) is 2.84. The van der Waals surface area contributed by atoms with Crippen LogP contribution in [0, 0.1) is 0 Å². The molecule has 0 aliphatic rings. The summed E-state index contributed by atoms with van der Waals surface area (Å²) in [5.41, 5.74) is 0. The Morgan fingerprint density at radius 2 is 1.91 bits per heavy atom. The zero-order valence-electron chi connectivity index (χ0n) is 7.26. The Morgan fingerprint density at radius 1 is 1.55 bits per heavy atom. The van der Waals surface area contributed by atoms with Gasteiger partial charge in [-0.1, -0.05) is 6.92 Å². The van der Waals surface area contributed by atoms with Gasteiger partial charge in [0.15, 0.2) is 0 Å². The second-order valence-electron chi connectivity index (χ2n) is 1.68. The van der Waals surface area contributed by atoms with Crippen LogP contribution in [0.1, 0.15) is 14.8 Å². The topological polar surface area (TPSA) is 107 Å². The molecule has 0 aliphatic carbocycles. The van der Waals surface area contributed by atoms with Crippen LogP contribution in [0.15, 0.2) is 0 Å². The number of phosphoric ester groups is 1. The predicted octanol–water partition coefficient (Wildman–Crippen LogP) is -3.74. The fourth-order valence-corrected chi connectivity index (χ4v) is 0.765. The number of rotatable bonds is 3. The van der Waals surface area contributed by atoms with Gasteiger partial charge in [-0.3, -0.25) is 0 Å². The average molecular weight is 180 g/mol. The van der Waals surface area contributed by atoms with Crippen LogP contribution < -0.4 is 18.9 Å². The molecular weight excluding hydrogens is 170 g/mol. The first-order valence-corrected chi connectivity index (χ1v) is 4.01. The van der Waals surface area contributed by atoms with Crippen LogP contribution in [0.2, 0.25) is 0 Å². The summed E-state index contributed by atoms with van der Waals surface area (Å²) in [7, 11) is -4.80. The molecule has 64 valence electrons. The van der Waals surface area contributed by atoms with E-state index in [-0.39, 0.29) is 26.7 Å². The van der Waals surface area contributed by atoms with E-state index in [1.807, 2.05) is 0 Å². The molecule has 0 rings (SSSR count). The summed E-state index contributed by atoms with van der Waals surface area (Å²) in [5, 5.41) is 17.0. The van der Waals surface area contributed by atoms with Crippen LogP contribution in [0.5, 0.6) is 0 Å². The van der Waals surface area contributed by atoms with Crippen molar-refractivity contribution >= 4 is 7.82 Å². The third-order valence-corrected chi connectivity index (χ3v) is 1.26. The molecule has 8 heteroatoms. The first-order chi connectivity index (χ1) is 4.27. The fraction of sp³-hybridized carbons (Fsp3) is 1.00. The number of aliphatic hydroxyl groups is 2. The van der Waals surface area contributed by atoms with E-state index in [0.29, 0.717) is 0 Å². The molecule has 0 aromatic heterocycles. The molecular formula is C3H10LiO6P. The van der Waals surface area contributed by atoms with Crippen molar-refractivity contribution in [2.45, 2.75) is 19.3 Å². The maximum atomic E-state index is 9.96. The summed E-state index contributed by atoms with van der Waals surface area (Å²) in [6.45, 7) is 1.30. The van der Waals surface area contributed by atoms with Gasteiger partial charge in [0, 0.05) is 6.42 Å². The number of hydrogen-bond acceptors (Lipinski definition) is 4. The maximum absolute atomic E-state index is 9.96. The van der Waals surface area contributed by atoms with Crippen LogP contribution in [0.3, 0.4) is 0 Å². The van der Waals surface area contributed by atoms with Crippen molar-refractivity contribution in [3.05, 3.63) is 0 Å². The molecule has 0 heterocycles. The van der Waals surface area contributed by atoms with Gasteiger partial charge in [0.25, 0.3) is 5.97 Å². The zero-order valence-corrected chi connectivity index (χ0v) is 7.15. The Balaban J connectivity index is -0.000000405. The first-order valence-electron chi connectivity index (χ1n) is 2.48. The van der Waals surface area contributed by atoms with Gasteiger partial charge in [0.1, 0.15) is 0 Å². The fourth-order valence-electron chi connectivity index (χ4n) is 0.255. The van der Waals surface area contributed by atoms with E-state index in [0.717, 1.165) is 0 Å². The number of phosphoric acid groups is 1. The minimum Gasteiger partial charge on any atom is -1.00 e. The van der Waals surface area contributed by atoms with Gasteiger partial charge in [0.2, 0.25) is 0 Å². The van der Waals surface area contributed by atoms with Crippen LogP contribution in [-0.4, -0.2) is 26.0 Å². The van der Waals surface area contributed by atoms with Crippen molar-refractivity contribution in [3.63, 3.8) is 0 Å². The minimum absolute atomic E-state index is 0. The average Bonchev–Trinajstić information content (AvgIpc) is 1.60. The summed E-state index contributed by atoms with van der Waals surface area (Å²) < 4.78 is 13.5. The van der Waals surface area contributed by atoms with Crippen molar-refractivity contribution in [3.8, 4) is 0 Å². The van der Waals surface area contributed by atoms with Gasteiger partial charge in [0.05, 0.1) is 0 Å². The summed E-state index contributed by atoms with van der Waals surface area (Å²) in [6.07, 6.45) is -0.321. The van der Waals surface area contributed by atoms with E-state index >= 15 is 0 Å². The van der Waals surface area contributed by atoms with E-state index in [1.165, 1.54) is 6.92 Å². The predicted molar refractivity (Wildman–Crippen MR) is 31.7 cm³/mol. The molecule has 0 saturated heterocycles. The number of hydrogen-bond donors (Lipinski definition) is 4. The van der Waals surface area contributed by atoms with E-state index in [9.17, 15) is 4.57 Å². The van der Waals surface area contributed by atoms with Gasteiger partial charge in [-0.15, -0.1) is 0 Å². The van der Waals surface area contributed by atoms with Gasteiger partial charge in [-0.05, 0) is 0 Å². The summed E-state index contributed by atoms with van der Waals surface area (Å²) in [6, 6.07) is 0. The molecule has 0 fully saturated rings. The normalized spacial score (nSPS) is 12.5. The SMILES string of the molecule is CCC(O)(O)OP(=O)(O)O.[H-].[Li+]. The Hall–Kier alpha value is 0.627. The smallest absolute Gasteiger partial charge is 1.00 e. The first kappa shape index (κ1) is 14.2. The molecule has 0 unspecified atom stereocenters. The molecule has 0 bridgehead atoms. The Morgan fingerprint density at radius 3 is 2.00 bits per heavy atom. The van der Waals surface area contributed by atoms with Crippen LogP contribution >= 0.6 is 7.82 Å². The summed E-state index contributed by atoms with van der Waals surface area (Å²) in [5.74, 6) is -2.74. The molecule has 0 saturated carbocycles. The van der Waals surface area contributed by atoms with Crippen molar-refractivity contribution in [1.82, 2.24) is 0 Å². The molecule has 0 aromatic carbocycles. The minimum atomic E-state index is -4.80. The van der Waals surface area contributed by atoms with Crippen molar-refractivity contribution in [1.29, 1.82) is 0 Å². The molecule has 0 amide bonds. The monoisotopic (exact) mass is 180 g/mol. The summed E-state index contributed by atoms with van der Waals surface area (Å²) in [4.78, 5) is 16.1. The van der Waals surface area contributed by atoms with Crippen LogP contribution in [-0.2, 0) is 9.09 Å². The molecule has 0 atom stereocenters. The molecule has 0 radical (unpaired) electrons. The largest absolute Gasteiger partial charge is 1.00 e.